The van der Waals surface area contributed by atoms with Crippen LogP contribution in [0.1, 0.15) is 0 Å². The summed E-state index contributed by atoms with van der Waals surface area (Å²) in [6.07, 6.45) is 3.04. The van der Waals surface area contributed by atoms with Gasteiger partial charge in [-0.3, -0.25) is 4.79 Å². The van der Waals surface area contributed by atoms with Gasteiger partial charge in [0.15, 0.2) is 0 Å². The molecule has 0 saturated heterocycles. The van der Waals surface area contributed by atoms with Gasteiger partial charge >= 0.3 is 0 Å². The molecule has 4 heteroatoms. The van der Waals surface area contributed by atoms with Gasteiger partial charge in [0.1, 0.15) is 5.25 Å². The second-order valence-electron chi connectivity index (χ2n) is 1.34. The molecule has 0 saturated carbocycles. The highest BCUT2D eigenvalue weighted by molar-refractivity contribution is 7.82. The largest absolute Gasteiger partial charge is 0.281 e. The molecule has 42 valence electrons. The Labute approximate surface area is 51.9 Å². The van der Waals surface area contributed by atoms with Crippen LogP contribution < -0.4 is 0 Å². The fourth-order valence-electron chi connectivity index (χ4n) is 0.352. The van der Waals surface area contributed by atoms with Crippen LogP contribution in [0.2, 0.25) is 0 Å². The number of carbonyl (C=O) groups excluding carboxylic acids is 1. The van der Waals surface area contributed by atoms with Crippen LogP contribution in [0.4, 0.5) is 0 Å². The number of nitrogens with zero attached hydrogens (tertiary/aromatic N) is 2. The molecule has 8 heavy (non-hydrogen) atoms. The molecule has 0 aliphatic carbocycles. The van der Waals surface area contributed by atoms with Crippen LogP contribution in [-0.4, -0.2) is 11.2 Å². The second-order valence-corrected chi connectivity index (χ2v) is 1.90. The third kappa shape index (κ3) is 0.949. The van der Waals surface area contributed by atoms with Crippen LogP contribution in [0.25, 0.3) is 0 Å². The van der Waals surface area contributed by atoms with Crippen molar-refractivity contribution in [2.24, 2.45) is 10.2 Å². The summed E-state index contributed by atoms with van der Waals surface area (Å²) in [6, 6.07) is 0. The molecule has 0 spiro atoms. The second kappa shape index (κ2) is 2.09. The van der Waals surface area contributed by atoms with Crippen LogP contribution >= 0.6 is 12.6 Å². The van der Waals surface area contributed by atoms with E-state index >= 15 is 0 Å². The molecule has 0 aromatic carbocycles. The molecule has 1 aliphatic rings. The van der Waals surface area contributed by atoms with Crippen molar-refractivity contribution in [1.29, 1.82) is 0 Å². The zero-order valence-corrected chi connectivity index (χ0v) is 4.88. The molecule has 0 fully saturated rings. The predicted octanol–water partition coefficient (Wildman–Crippen LogP) is 0.791. The zero-order chi connectivity index (χ0) is 5.98. The van der Waals surface area contributed by atoms with Gasteiger partial charge in [-0.25, -0.2) is 0 Å². The van der Waals surface area contributed by atoms with Crippen molar-refractivity contribution in [2.75, 3.05) is 0 Å². The monoisotopic (exact) mass is 128 g/mol. The number of rotatable bonds is 0. The number of carbonyl (C=O) groups is 1. The topological polar surface area (TPSA) is 41.8 Å². The van der Waals surface area contributed by atoms with Crippen LogP contribution in [0.5, 0.6) is 0 Å². The summed E-state index contributed by atoms with van der Waals surface area (Å²) in [7, 11) is 0. The lowest BCUT2D eigenvalue weighted by Gasteiger charge is -1.98. The van der Waals surface area contributed by atoms with Crippen molar-refractivity contribution in [3.63, 3.8) is 0 Å². The summed E-state index contributed by atoms with van der Waals surface area (Å²) in [5.41, 5.74) is 0. The smallest absolute Gasteiger partial charge is 0.269 e. The Kier molecular flexibility index (Phi) is 1.43. The van der Waals surface area contributed by atoms with Gasteiger partial charge in [-0.1, -0.05) is 0 Å². The summed E-state index contributed by atoms with van der Waals surface area (Å²) < 4.78 is 0. The van der Waals surface area contributed by atoms with Crippen LogP contribution in [0, 0.1) is 0 Å². The molecule has 0 radical (unpaired) electrons. The Hall–Kier alpha value is -0.640. The van der Waals surface area contributed by atoms with Crippen molar-refractivity contribution in [3.05, 3.63) is 12.3 Å². The van der Waals surface area contributed by atoms with Crippen molar-refractivity contribution in [2.45, 2.75) is 5.25 Å². The Morgan fingerprint density at radius 3 is 2.88 bits per heavy atom. The standard InChI is InChI=1S/C4H4N2OS/c7-4-3(8)1-2-5-6-4/h1-3,8H. The molecular weight excluding hydrogens is 124 g/mol. The third-order valence-electron chi connectivity index (χ3n) is 0.744. The maximum absolute atomic E-state index is 10.4. The van der Waals surface area contributed by atoms with Gasteiger partial charge in [-0.15, -0.1) is 5.11 Å². The summed E-state index contributed by atoms with van der Waals surface area (Å²) >= 11 is 3.87. The number of thiol groups is 1. The minimum atomic E-state index is -0.382. The Morgan fingerprint density at radius 2 is 2.50 bits per heavy atom. The minimum absolute atomic E-state index is 0.296. The highest BCUT2D eigenvalue weighted by atomic mass is 32.1. The van der Waals surface area contributed by atoms with Crippen molar-refractivity contribution in [1.82, 2.24) is 0 Å². The number of hydrogen-bond donors (Lipinski definition) is 1. The lowest BCUT2D eigenvalue weighted by molar-refractivity contribution is -0.117. The van der Waals surface area contributed by atoms with Crippen LogP contribution in [-0.2, 0) is 4.79 Å². The normalized spacial score (nSPS) is 26.6. The molecule has 1 unspecified atom stereocenters. The van der Waals surface area contributed by atoms with Gasteiger partial charge < -0.3 is 0 Å². The summed E-state index contributed by atoms with van der Waals surface area (Å²) in [5.74, 6) is -0.296. The van der Waals surface area contributed by atoms with E-state index in [1.54, 1.807) is 6.08 Å². The lowest BCUT2D eigenvalue weighted by atomic mass is 10.4. The highest BCUT2D eigenvalue weighted by Gasteiger charge is 2.10. The fraction of sp³-hybridized carbons (Fsp3) is 0.250. The first-order chi connectivity index (χ1) is 3.80. The van der Waals surface area contributed by atoms with Crippen molar-refractivity contribution in [3.8, 4) is 0 Å². The van der Waals surface area contributed by atoms with E-state index in [4.69, 9.17) is 0 Å². The maximum Gasteiger partial charge on any atom is 0.281 e. The summed E-state index contributed by atoms with van der Waals surface area (Å²) in [4.78, 5) is 10.4. The van der Waals surface area contributed by atoms with E-state index < -0.39 is 0 Å². The quantitative estimate of drug-likeness (QED) is 0.481. The van der Waals surface area contributed by atoms with E-state index in [1.807, 2.05) is 0 Å². The highest BCUT2D eigenvalue weighted by Crippen LogP contribution is 2.04. The summed E-state index contributed by atoms with van der Waals surface area (Å²) in [5, 5.41) is 6.21. The van der Waals surface area contributed by atoms with Gasteiger partial charge in [-0.2, -0.15) is 17.7 Å². The molecule has 1 heterocycles. The maximum atomic E-state index is 10.4. The van der Waals surface area contributed by atoms with Crippen molar-refractivity contribution >= 4 is 18.5 Å². The average molecular weight is 128 g/mol. The van der Waals surface area contributed by atoms with Gasteiger partial charge in [0.05, 0.1) is 0 Å². The van der Waals surface area contributed by atoms with E-state index in [-0.39, 0.29) is 11.2 Å². The van der Waals surface area contributed by atoms with E-state index in [9.17, 15) is 4.79 Å². The number of azo groups is 1. The molecule has 0 aromatic heterocycles. The number of amides is 1. The molecule has 1 aliphatic heterocycles. The Bertz CT molecular complexity index is 163. The van der Waals surface area contributed by atoms with E-state index in [0.717, 1.165) is 0 Å². The average Bonchev–Trinajstić information content (AvgIpc) is 1.77. The fourth-order valence-corrected chi connectivity index (χ4v) is 0.480. The molecule has 0 aromatic rings. The first kappa shape index (κ1) is 5.50. The lowest BCUT2D eigenvalue weighted by Crippen LogP contribution is -2.09. The van der Waals surface area contributed by atoms with Crippen LogP contribution in [0.15, 0.2) is 22.5 Å². The Balaban J connectivity index is 2.74. The van der Waals surface area contributed by atoms with Crippen molar-refractivity contribution < 1.29 is 4.79 Å². The molecule has 0 bridgehead atoms. The predicted molar refractivity (Wildman–Crippen MR) is 31.8 cm³/mol. The van der Waals surface area contributed by atoms with Gasteiger partial charge in [-0.05, 0) is 6.08 Å². The van der Waals surface area contributed by atoms with Gasteiger partial charge in [0, 0.05) is 6.20 Å². The zero-order valence-electron chi connectivity index (χ0n) is 3.98. The SMILES string of the molecule is O=C1N=NC=CC1S. The van der Waals surface area contributed by atoms with Gasteiger partial charge in [0.2, 0.25) is 0 Å². The molecular formula is C4H4N2OS. The molecule has 1 amide bonds. The first-order valence-electron chi connectivity index (χ1n) is 2.10. The molecule has 3 nitrogen and oxygen atoms in total. The molecule has 1 atom stereocenters. The molecule has 1 rings (SSSR count). The van der Waals surface area contributed by atoms with E-state index in [1.165, 1.54) is 6.20 Å². The minimum Gasteiger partial charge on any atom is -0.269 e. The van der Waals surface area contributed by atoms with E-state index in [0.29, 0.717) is 0 Å². The molecule has 0 N–H and O–H groups in total. The summed E-state index contributed by atoms with van der Waals surface area (Å²) in [6.45, 7) is 0. The van der Waals surface area contributed by atoms with Crippen LogP contribution in [0.3, 0.4) is 0 Å². The number of hydrogen-bond acceptors (Lipinski definition) is 3. The first-order valence-corrected chi connectivity index (χ1v) is 2.62. The Morgan fingerprint density at radius 1 is 1.75 bits per heavy atom. The third-order valence-corrected chi connectivity index (χ3v) is 1.14. The van der Waals surface area contributed by atoms with Gasteiger partial charge in [0.25, 0.3) is 5.91 Å². The van der Waals surface area contributed by atoms with E-state index in [2.05, 4.69) is 22.9 Å².